The number of benzene rings is 3. The molecule has 0 N–H and O–H groups in total. The van der Waals surface area contributed by atoms with E-state index in [1.54, 1.807) is 69.6 Å². The third kappa shape index (κ3) is 7.18. The fourth-order valence-electron chi connectivity index (χ4n) is 4.22. The molecule has 0 atom stereocenters. The summed E-state index contributed by atoms with van der Waals surface area (Å²) in [4.78, 5) is 29.9. The number of hydrogen-bond donors (Lipinski definition) is 0. The van der Waals surface area contributed by atoms with Gasteiger partial charge in [0.1, 0.15) is 12.1 Å². The van der Waals surface area contributed by atoms with E-state index in [1.807, 2.05) is 12.1 Å². The number of carbonyl (C=O) groups is 2. The van der Waals surface area contributed by atoms with Gasteiger partial charge in [0.2, 0.25) is 0 Å². The number of nitrogens with zero attached hydrogens (tertiary/aromatic N) is 2. The maximum absolute atomic E-state index is 13.8. The first-order valence-electron chi connectivity index (χ1n) is 12.5. The van der Waals surface area contributed by atoms with Crippen molar-refractivity contribution in [3.05, 3.63) is 100 Å². The first-order chi connectivity index (χ1) is 18.8. The number of halogens is 2. The quantitative estimate of drug-likeness (QED) is 0.154. The predicted octanol–water partition coefficient (Wildman–Crippen LogP) is 6.89. The smallest absolute Gasteiger partial charge is 0.327 e. The summed E-state index contributed by atoms with van der Waals surface area (Å²) in [5.74, 6) is -0.780. The van der Waals surface area contributed by atoms with E-state index in [0.29, 0.717) is 29.2 Å². The van der Waals surface area contributed by atoms with Gasteiger partial charge in [-0.2, -0.15) is 0 Å². The molecule has 1 heterocycles. The number of Topliss-reactive ketones (excluding diaryl/α,β-unsaturated/α-hetero) is 1. The summed E-state index contributed by atoms with van der Waals surface area (Å²) < 4.78 is 34.0. The maximum Gasteiger partial charge on any atom is 0.327 e. The van der Waals surface area contributed by atoms with E-state index in [2.05, 4.69) is 4.98 Å². The van der Waals surface area contributed by atoms with Crippen molar-refractivity contribution in [2.24, 2.45) is 0 Å². The van der Waals surface area contributed by atoms with Crippen LogP contribution < -0.4 is 4.31 Å². The number of rotatable bonds is 9. The Morgan fingerprint density at radius 2 is 1.68 bits per heavy atom. The van der Waals surface area contributed by atoms with Crippen LogP contribution in [0.4, 0.5) is 5.69 Å². The summed E-state index contributed by atoms with van der Waals surface area (Å²) in [6, 6.07) is 17.9. The van der Waals surface area contributed by atoms with Crippen LogP contribution in [-0.2, 0) is 26.0 Å². The van der Waals surface area contributed by atoms with Gasteiger partial charge < -0.3 is 4.74 Å². The van der Waals surface area contributed by atoms with Crippen molar-refractivity contribution in [2.45, 2.75) is 44.1 Å². The zero-order chi connectivity index (χ0) is 29.1. The molecule has 0 bridgehead atoms. The molecule has 0 aliphatic carbocycles. The number of anilines is 1. The Kier molecular flexibility index (Phi) is 8.83. The molecule has 0 fully saturated rings. The molecular formula is C30H28Cl2N2O5S. The summed E-state index contributed by atoms with van der Waals surface area (Å²) >= 11 is 12.2. The van der Waals surface area contributed by atoms with Crippen LogP contribution in [-0.4, -0.2) is 37.3 Å². The normalized spacial score (nSPS) is 11.8. The van der Waals surface area contributed by atoms with Gasteiger partial charge in [-0.25, -0.2) is 8.42 Å². The molecule has 4 aromatic rings. The Labute approximate surface area is 243 Å². The van der Waals surface area contributed by atoms with Crippen LogP contribution in [0.1, 0.15) is 43.1 Å². The van der Waals surface area contributed by atoms with E-state index in [1.165, 1.54) is 18.2 Å². The van der Waals surface area contributed by atoms with Gasteiger partial charge in [0, 0.05) is 34.4 Å². The minimum absolute atomic E-state index is 0.0472. The number of ketones is 1. The number of fused-ring (bicyclic) bond motifs is 1. The van der Waals surface area contributed by atoms with Crippen molar-refractivity contribution >= 4 is 61.4 Å². The second-order valence-corrected chi connectivity index (χ2v) is 12.9. The summed E-state index contributed by atoms with van der Waals surface area (Å²) in [5, 5.41) is 1.58. The number of pyridine rings is 1. The van der Waals surface area contributed by atoms with E-state index in [4.69, 9.17) is 27.9 Å². The fourth-order valence-corrected chi connectivity index (χ4v) is 6.35. The number of aromatic nitrogens is 1. The van der Waals surface area contributed by atoms with Gasteiger partial charge in [0.05, 0.1) is 10.6 Å². The monoisotopic (exact) mass is 598 g/mol. The van der Waals surface area contributed by atoms with Gasteiger partial charge in [0.25, 0.3) is 10.0 Å². The van der Waals surface area contributed by atoms with Crippen molar-refractivity contribution < 1.29 is 22.7 Å². The number of hydrogen-bond acceptors (Lipinski definition) is 6. The minimum atomic E-state index is -4.29. The van der Waals surface area contributed by atoms with Crippen molar-refractivity contribution in [3.63, 3.8) is 0 Å². The van der Waals surface area contributed by atoms with E-state index in [0.717, 1.165) is 9.87 Å². The SMILES string of the molecule is CC(C)(C)OC(=O)CN(c1ccc2c(C(=O)CCc3cccnc3)cccc2c1)S(=O)(=O)c1cc(Cl)cc(Cl)c1. The molecule has 10 heteroatoms. The highest BCUT2D eigenvalue weighted by Crippen LogP contribution is 2.31. The van der Waals surface area contributed by atoms with Crippen LogP contribution in [0.25, 0.3) is 10.8 Å². The molecule has 0 unspecified atom stereocenters. The molecule has 3 aromatic carbocycles. The Hall–Kier alpha value is -3.46. The van der Waals surface area contributed by atoms with E-state index in [-0.39, 0.29) is 26.4 Å². The van der Waals surface area contributed by atoms with Gasteiger partial charge in [-0.05, 0) is 79.9 Å². The molecule has 40 heavy (non-hydrogen) atoms. The number of aryl methyl sites for hydroxylation is 1. The molecule has 1 aromatic heterocycles. The lowest BCUT2D eigenvalue weighted by Crippen LogP contribution is -2.39. The molecule has 0 saturated heterocycles. The van der Waals surface area contributed by atoms with Crippen LogP contribution in [0.2, 0.25) is 10.0 Å². The number of carbonyl (C=O) groups excluding carboxylic acids is 2. The Morgan fingerprint density at radius 3 is 2.33 bits per heavy atom. The van der Waals surface area contributed by atoms with Gasteiger partial charge in [-0.3, -0.25) is 18.9 Å². The van der Waals surface area contributed by atoms with E-state index < -0.39 is 28.1 Å². The van der Waals surface area contributed by atoms with Crippen LogP contribution in [0.5, 0.6) is 0 Å². The van der Waals surface area contributed by atoms with Crippen molar-refractivity contribution in [1.29, 1.82) is 0 Å². The number of sulfonamides is 1. The highest BCUT2D eigenvalue weighted by Gasteiger charge is 2.30. The summed E-state index contributed by atoms with van der Waals surface area (Å²) in [6.07, 6.45) is 4.25. The van der Waals surface area contributed by atoms with Crippen molar-refractivity contribution in [3.8, 4) is 0 Å². The van der Waals surface area contributed by atoms with Crippen LogP contribution in [0, 0.1) is 0 Å². The second kappa shape index (κ2) is 12.0. The summed E-state index contributed by atoms with van der Waals surface area (Å²) in [6.45, 7) is 4.51. The fraction of sp³-hybridized carbons (Fsp3) is 0.233. The summed E-state index contributed by atoms with van der Waals surface area (Å²) in [7, 11) is -4.29. The van der Waals surface area contributed by atoms with Crippen LogP contribution in [0.3, 0.4) is 0 Å². The van der Waals surface area contributed by atoms with Crippen LogP contribution in [0.15, 0.2) is 84.0 Å². The molecule has 0 aliphatic heterocycles. The lowest BCUT2D eigenvalue weighted by molar-refractivity contribution is -0.152. The number of ether oxygens (including phenoxy) is 1. The first-order valence-corrected chi connectivity index (χ1v) is 14.7. The van der Waals surface area contributed by atoms with Gasteiger partial charge in [-0.15, -0.1) is 0 Å². The molecule has 0 aliphatic rings. The van der Waals surface area contributed by atoms with Crippen molar-refractivity contribution in [1.82, 2.24) is 4.98 Å². The Bertz CT molecular complexity index is 1650. The molecule has 208 valence electrons. The largest absolute Gasteiger partial charge is 0.459 e. The molecule has 0 saturated carbocycles. The Balaban J connectivity index is 1.72. The zero-order valence-corrected chi connectivity index (χ0v) is 24.6. The molecular weight excluding hydrogens is 571 g/mol. The standard InChI is InChI=1S/C30H28Cl2N2O5S/c1-30(2,3)39-29(36)19-34(40(37,38)25-16-22(31)15-23(32)17-25)24-10-11-26-21(14-24)7-4-8-27(26)28(35)12-9-20-6-5-13-33-18-20/h4-8,10-11,13-18H,9,12,19H2,1-3H3. The van der Waals surface area contributed by atoms with E-state index >= 15 is 0 Å². The minimum Gasteiger partial charge on any atom is -0.459 e. The predicted molar refractivity (Wildman–Crippen MR) is 158 cm³/mol. The van der Waals surface area contributed by atoms with Gasteiger partial charge in [-0.1, -0.05) is 53.5 Å². The molecule has 0 spiro atoms. The summed E-state index contributed by atoms with van der Waals surface area (Å²) in [5.41, 5.74) is 0.883. The highest BCUT2D eigenvalue weighted by molar-refractivity contribution is 7.92. The molecule has 4 rings (SSSR count). The zero-order valence-electron chi connectivity index (χ0n) is 22.2. The lowest BCUT2D eigenvalue weighted by Gasteiger charge is -2.27. The first kappa shape index (κ1) is 29.5. The average molecular weight is 600 g/mol. The maximum atomic E-state index is 13.8. The van der Waals surface area contributed by atoms with E-state index in [9.17, 15) is 18.0 Å². The van der Waals surface area contributed by atoms with Crippen molar-refractivity contribution in [2.75, 3.05) is 10.8 Å². The molecule has 0 radical (unpaired) electrons. The number of esters is 1. The Morgan fingerprint density at radius 1 is 0.950 bits per heavy atom. The topological polar surface area (TPSA) is 93.6 Å². The highest BCUT2D eigenvalue weighted by atomic mass is 35.5. The molecule has 7 nitrogen and oxygen atoms in total. The van der Waals surface area contributed by atoms with Gasteiger partial charge in [0.15, 0.2) is 5.78 Å². The second-order valence-electron chi connectivity index (χ2n) is 10.2. The third-order valence-corrected chi connectivity index (χ3v) is 8.12. The third-order valence-electron chi connectivity index (χ3n) is 5.93. The average Bonchev–Trinajstić information content (AvgIpc) is 2.88. The lowest BCUT2D eigenvalue weighted by atomic mass is 9.97. The van der Waals surface area contributed by atoms with Gasteiger partial charge >= 0.3 is 5.97 Å². The molecule has 0 amide bonds. The van der Waals surface area contributed by atoms with Crippen LogP contribution >= 0.6 is 23.2 Å².